The van der Waals surface area contributed by atoms with E-state index in [0.717, 1.165) is 25.7 Å². The van der Waals surface area contributed by atoms with Crippen LogP contribution in [0.5, 0.6) is 11.5 Å². The van der Waals surface area contributed by atoms with E-state index in [1.807, 2.05) is 13.8 Å². The zero-order chi connectivity index (χ0) is 20.6. The number of unbranched alkanes of at least 4 members (excludes halogenated alkanes) is 2. The van der Waals surface area contributed by atoms with Gasteiger partial charge in [0.25, 0.3) is 11.8 Å². The topological polar surface area (TPSA) is 81.1 Å². The van der Waals surface area contributed by atoms with E-state index in [9.17, 15) is 19.8 Å². The number of rotatable bonds is 6. The van der Waals surface area contributed by atoms with Crippen molar-refractivity contribution in [1.29, 1.82) is 0 Å². The maximum atomic E-state index is 13.1. The minimum absolute atomic E-state index is 0.0990. The molecule has 1 saturated heterocycles. The Morgan fingerprint density at radius 1 is 0.786 bits per heavy atom. The highest BCUT2D eigenvalue weighted by molar-refractivity contribution is 8.25. The maximum Gasteiger partial charge on any atom is 0.279 e. The third kappa shape index (κ3) is 3.37. The van der Waals surface area contributed by atoms with E-state index >= 15 is 0 Å². The third-order valence-electron chi connectivity index (χ3n) is 5.14. The van der Waals surface area contributed by atoms with Crippen LogP contribution in [0.4, 0.5) is 0 Å². The minimum atomic E-state index is -0.287. The number of hydrogen-bond donors (Lipinski definition) is 2. The van der Waals surface area contributed by atoms with Gasteiger partial charge in [-0.3, -0.25) is 9.59 Å². The second-order valence-electron chi connectivity index (χ2n) is 7.04. The summed E-state index contributed by atoms with van der Waals surface area (Å²) in [6, 6.07) is 0. The van der Waals surface area contributed by atoms with E-state index in [-0.39, 0.29) is 28.9 Å². The van der Waals surface area contributed by atoms with Crippen LogP contribution >= 0.6 is 23.5 Å². The first-order valence-corrected chi connectivity index (χ1v) is 11.2. The van der Waals surface area contributed by atoms with Crippen LogP contribution in [0, 0.1) is 13.8 Å². The second kappa shape index (κ2) is 8.29. The summed E-state index contributed by atoms with van der Waals surface area (Å²) >= 11 is 2.39. The van der Waals surface area contributed by atoms with E-state index in [0.29, 0.717) is 38.2 Å². The fourth-order valence-electron chi connectivity index (χ4n) is 3.21. The molecule has 1 aromatic carbocycles. The third-order valence-corrected chi connectivity index (χ3v) is 7.75. The van der Waals surface area contributed by atoms with Crippen molar-refractivity contribution in [2.45, 2.75) is 63.2 Å². The molecule has 0 atom stereocenters. The number of amides is 2. The molecule has 2 aliphatic rings. The van der Waals surface area contributed by atoms with E-state index in [4.69, 9.17) is 0 Å². The highest BCUT2D eigenvalue weighted by atomic mass is 32.2. The molecule has 3 rings (SSSR count). The van der Waals surface area contributed by atoms with Crippen molar-refractivity contribution in [2.24, 2.45) is 0 Å². The van der Waals surface area contributed by atoms with Gasteiger partial charge in [-0.15, -0.1) is 0 Å². The van der Waals surface area contributed by atoms with Crippen LogP contribution in [0.2, 0.25) is 0 Å². The molecule has 6 nitrogen and oxygen atoms in total. The van der Waals surface area contributed by atoms with Crippen LogP contribution < -0.4 is 0 Å². The molecule has 0 aliphatic carbocycles. The Morgan fingerprint density at radius 3 is 1.54 bits per heavy atom. The Hall–Kier alpha value is -1.80. The lowest BCUT2D eigenvalue weighted by atomic mass is 10.1. The summed E-state index contributed by atoms with van der Waals surface area (Å²) in [4.78, 5) is 27.2. The molecule has 1 aromatic rings. The summed E-state index contributed by atoms with van der Waals surface area (Å²) in [5.74, 6) is -0.376. The number of phenolic OH excluding ortho intramolecular Hbond substituents is 2. The summed E-state index contributed by atoms with van der Waals surface area (Å²) in [6.45, 7) is 8.61. The highest BCUT2D eigenvalue weighted by Gasteiger charge is 2.44. The molecule has 2 amide bonds. The van der Waals surface area contributed by atoms with Crippen molar-refractivity contribution >= 4 is 35.3 Å². The Labute approximate surface area is 173 Å². The Bertz CT molecular complexity index is 799. The van der Waals surface area contributed by atoms with Crippen molar-refractivity contribution in [3.05, 3.63) is 20.9 Å². The molecule has 0 spiro atoms. The number of thioether (sulfide) groups is 2. The average molecular weight is 423 g/mol. The van der Waals surface area contributed by atoms with Crippen LogP contribution in [0.15, 0.2) is 19.6 Å². The van der Waals surface area contributed by atoms with Crippen molar-refractivity contribution in [3.63, 3.8) is 0 Å². The summed E-state index contributed by atoms with van der Waals surface area (Å²) in [7, 11) is 0. The number of carbonyl (C=O) groups excluding carboxylic acids is 2. The molecule has 2 heterocycles. The lowest BCUT2D eigenvalue weighted by Crippen LogP contribution is -2.42. The van der Waals surface area contributed by atoms with E-state index in [1.165, 1.54) is 23.5 Å². The van der Waals surface area contributed by atoms with E-state index in [1.54, 1.807) is 23.9 Å². The minimum Gasteiger partial charge on any atom is -0.506 e. The van der Waals surface area contributed by atoms with Gasteiger partial charge in [0, 0.05) is 13.1 Å². The van der Waals surface area contributed by atoms with Gasteiger partial charge >= 0.3 is 0 Å². The number of hydrazine groups is 1. The Kier molecular flexibility index (Phi) is 6.19. The van der Waals surface area contributed by atoms with Gasteiger partial charge in [-0.25, -0.2) is 10.0 Å². The molecule has 0 unspecified atom stereocenters. The number of nitrogens with zero attached hydrogens (tertiary/aromatic N) is 2. The first-order chi connectivity index (χ1) is 13.3. The number of carbonyl (C=O) groups is 2. The number of hydrogen-bond acceptors (Lipinski definition) is 6. The standard InChI is InChI=1S/C20H26N2O4S2/c1-5-7-9-21-18(25)13(19(26)22(21)10-8-6-2)20-27-16-14(23)11(3)12(4)15(24)17(16)28-20/h23-24H,5-10H2,1-4H3. The van der Waals surface area contributed by atoms with E-state index < -0.39 is 0 Å². The molecule has 2 aliphatic heterocycles. The van der Waals surface area contributed by atoms with Gasteiger partial charge in [-0.05, 0) is 37.8 Å². The lowest BCUT2D eigenvalue weighted by molar-refractivity contribution is -0.147. The molecule has 8 heteroatoms. The van der Waals surface area contributed by atoms with Crippen LogP contribution in [-0.4, -0.2) is 45.1 Å². The van der Waals surface area contributed by atoms with Gasteiger partial charge < -0.3 is 10.2 Å². The van der Waals surface area contributed by atoms with Crippen LogP contribution in [0.1, 0.15) is 50.7 Å². The fourth-order valence-corrected chi connectivity index (χ4v) is 5.93. The number of benzene rings is 1. The number of aromatic hydroxyl groups is 2. The van der Waals surface area contributed by atoms with Gasteiger partial charge in [0.2, 0.25) is 0 Å². The first-order valence-electron chi connectivity index (χ1n) is 9.62. The lowest BCUT2D eigenvalue weighted by Gasteiger charge is -2.27. The predicted octanol–water partition coefficient (Wildman–Crippen LogP) is 4.31. The van der Waals surface area contributed by atoms with E-state index in [2.05, 4.69) is 0 Å². The van der Waals surface area contributed by atoms with Crippen molar-refractivity contribution in [1.82, 2.24) is 10.0 Å². The molecule has 152 valence electrons. The quantitative estimate of drug-likeness (QED) is 0.404. The first kappa shape index (κ1) is 20.9. The van der Waals surface area contributed by atoms with Crippen molar-refractivity contribution in [3.8, 4) is 11.5 Å². The van der Waals surface area contributed by atoms with Crippen LogP contribution in [0.25, 0.3) is 0 Å². The van der Waals surface area contributed by atoms with Gasteiger partial charge in [0.15, 0.2) is 0 Å². The molecule has 1 fully saturated rings. The predicted molar refractivity (Wildman–Crippen MR) is 111 cm³/mol. The van der Waals surface area contributed by atoms with Gasteiger partial charge in [-0.1, -0.05) is 50.2 Å². The molecule has 0 bridgehead atoms. The van der Waals surface area contributed by atoms with Crippen LogP contribution in [0.3, 0.4) is 0 Å². The maximum absolute atomic E-state index is 13.1. The number of fused-ring (bicyclic) bond motifs is 1. The van der Waals surface area contributed by atoms with Crippen LogP contribution in [-0.2, 0) is 9.59 Å². The second-order valence-corrected chi connectivity index (χ2v) is 9.34. The average Bonchev–Trinajstić information content (AvgIpc) is 3.21. The van der Waals surface area contributed by atoms with Gasteiger partial charge in [-0.2, -0.15) is 0 Å². The molecule has 28 heavy (non-hydrogen) atoms. The Morgan fingerprint density at radius 2 is 1.18 bits per heavy atom. The molecule has 0 saturated carbocycles. The highest BCUT2D eigenvalue weighted by Crippen LogP contribution is 2.60. The van der Waals surface area contributed by atoms with Crippen molar-refractivity contribution in [2.75, 3.05) is 13.1 Å². The zero-order valence-corrected chi connectivity index (χ0v) is 18.3. The summed E-state index contributed by atoms with van der Waals surface area (Å²) in [5, 5.41) is 24.1. The normalized spacial score (nSPS) is 16.6. The number of phenols is 2. The largest absolute Gasteiger partial charge is 0.506 e. The summed E-state index contributed by atoms with van der Waals surface area (Å²) in [6.07, 6.45) is 3.51. The molecular weight excluding hydrogens is 396 g/mol. The zero-order valence-electron chi connectivity index (χ0n) is 16.7. The molecule has 0 radical (unpaired) electrons. The summed E-state index contributed by atoms with van der Waals surface area (Å²) in [5.41, 5.74) is 1.36. The SMILES string of the molecule is CCCCN1C(=O)C(=C2Sc3c(O)c(C)c(C)c(O)c3S2)C(=O)N1CCCC. The monoisotopic (exact) mass is 422 g/mol. The van der Waals surface area contributed by atoms with Gasteiger partial charge in [0.1, 0.15) is 17.1 Å². The molecule has 2 N–H and O–H groups in total. The molecule has 0 aromatic heterocycles. The fraction of sp³-hybridized carbons (Fsp3) is 0.500. The summed E-state index contributed by atoms with van der Waals surface area (Å²) < 4.78 is 0.529. The van der Waals surface area contributed by atoms with Gasteiger partial charge in [0.05, 0.1) is 14.0 Å². The van der Waals surface area contributed by atoms with Crippen molar-refractivity contribution < 1.29 is 19.8 Å². The smallest absolute Gasteiger partial charge is 0.279 e. The molecular formula is C20H26N2O4S2. The Balaban J connectivity index is 2.01.